The van der Waals surface area contributed by atoms with Crippen molar-refractivity contribution in [3.8, 4) is 6.19 Å². The Morgan fingerprint density at radius 1 is 1.33 bits per heavy atom. The molecule has 0 saturated carbocycles. The van der Waals surface area contributed by atoms with Crippen molar-refractivity contribution in [1.82, 2.24) is 10.2 Å². The Morgan fingerprint density at radius 3 is 2.44 bits per heavy atom. The van der Waals surface area contributed by atoms with Crippen LogP contribution in [0.5, 0.6) is 0 Å². The Morgan fingerprint density at radius 2 is 1.94 bits per heavy atom. The molecule has 0 fully saturated rings. The zero-order valence-corrected chi connectivity index (χ0v) is 12.0. The number of nitriles is 1. The van der Waals surface area contributed by atoms with Crippen molar-refractivity contribution in [2.24, 2.45) is 0 Å². The van der Waals surface area contributed by atoms with Gasteiger partial charge in [0.1, 0.15) is 5.60 Å². The summed E-state index contributed by atoms with van der Waals surface area (Å²) in [7, 11) is 0. The molecule has 0 spiro atoms. The van der Waals surface area contributed by atoms with Crippen molar-refractivity contribution in [3.05, 3.63) is 0 Å². The molecule has 0 atom stereocenters. The molecule has 0 aliphatic heterocycles. The van der Waals surface area contributed by atoms with E-state index in [4.69, 9.17) is 10.00 Å². The Bertz CT molecular complexity index is 279. The summed E-state index contributed by atoms with van der Waals surface area (Å²) in [6, 6.07) is 0. The smallest absolute Gasteiger partial charge is 0.407 e. The summed E-state index contributed by atoms with van der Waals surface area (Å²) < 4.78 is 5.11. The summed E-state index contributed by atoms with van der Waals surface area (Å²) in [5, 5.41) is 11.6. The first kappa shape index (κ1) is 16.6. The van der Waals surface area contributed by atoms with E-state index in [1.54, 1.807) is 4.90 Å². The average molecular weight is 255 g/mol. The third kappa shape index (κ3) is 9.76. The SMILES string of the molecule is CCCCN(C#N)CCCNC(=O)OC(C)(C)C. The maximum Gasteiger partial charge on any atom is 0.407 e. The van der Waals surface area contributed by atoms with Crippen LogP contribution in [0.25, 0.3) is 0 Å². The molecule has 0 rings (SSSR count). The largest absolute Gasteiger partial charge is 0.444 e. The highest BCUT2D eigenvalue weighted by molar-refractivity contribution is 5.67. The Balaban J connectivity index is 3.66. The Hall–Kier alpha value is -1.44. The van der Waals surface area contributed by atoms with Crippen LogP contribution in [-0.2, 0) is 4.74 Å². The molecule has 1 amide bonds. The average Bonchev–Trinajstić information content (AvgIpc) is 2.26. The highest BCUT2D eigenvalue weighted by Crippen LogP contribution is 2.06. The number of hydrogen-bond acceptors (Lipinski definition) is 4. The van der Waals surface area contributed by atoms with E-state index in [1.807, 2.05) is 20.8 Å². The summed E-state index contributed by atoms with van der Waals surface area (Å²) >= 11 is 0. The fourth-order valence-corrected chi connectivity index (χ4v) is 1.34. The summed E-state index contributed by atoms with van der Waals surface area (Å²) in [6.07, 6.45) is 4.59. The molecule has 0 heterocycles. The molecule has 0 saturated heterocycles. The van der Waals surface area contributed by atoms with Gasteiger partial charge in [-0.2, -0.15) is 5.26 Å². The van der Waals surface area contributed by atoms with Crippen molar-refractivity contribution in [3.63, 3.8) is 0 Å². The van der Waals surface area contributed by atoms with Crippen molar-refractivity contribution < 1.29 is 9.53 Å². The molecular weight excluding hydrogens is 230 g/mol. The van der Waals surface area contributed by atoms with Crippen LogP contribution in [0.1, 0.15) is 47.0 Å². The standard InChI is InChI=1S/C13H25N3O2/c1-5-6-9-16(11-14)10-7-8-15-12(17)18-13(2,3)4/h5-10H2,1-4H3,(H,15,17). The second kappa shape index (κ2) is 8.62. The lowest BCUT2D eigenvalue weighted by Crippen LogP contribution is -2.34. The van der Waals surface area contributed by atoms with Gasteiger partial charge in [0.05, 0.1) is 0 Å². The lowest BCUT2D eigenvalue weighted by molar-refractivity contribution is 0.0526. The first-order chi connectivity index (χ1) is 8.39. The van der Waals surface area contributed by atoms with E-state index in [-0.39, 0.29) is 0 Å². The van der Waals surface area contributed by atoms with E-state index < -0.39 is 11.7 Å². The van der Waals surface area contributed by atoms with Gasteiger partial charge in [0.15, 0.2) is 6.19 Å². The fourth-order valence-electron chi connectivity index (χ4n) is 1.34. The maximum atomic E-state index is 11.3. The van der Waals surface area contributed by atoms with Crippen molar-refractivity contribution in [1.29, 1.82) is 5.26 Å². The van der Waals surface area contributed by atoms with Gasteiger partial charge in [0.2, 0.25) is 0 Å². The van der Waals surface area contributed by atoms with E-state index in [0.29, 0.717) is 13.1 Å². The number of carbonyl (C=O) groups excluding carboxylic acids is 1. The van der Waals surface area contributed by atoms with Gasteiger partial charge in [0.25, 0.3) is 0 Å². The van der Waals surface area contributed by atoms with Crippen LogP contribution in [0.4, 0.5) is 4.79 Å². The number of unbranched alkanes of at least 4 members (excludes halogenated alkanes) is 1. The van der Waals surface area contributed by atoms with Crippen LogP contribution in [0.2, 0.25) is 0 Å². The summed E-state index contributed by atoms with van der Waals surface area (Å²) in [6.45, 7) is 9.57. The number of ether oxygens (including phenoxy) is 1. The van der Waals surface area contributed by atoms with Crippen molar-refractivity contribution in [2.75, 3.05) is 19.6 Å². The van der Waals surface area contributed by atoms with Crippen molar-refractivity contribution >= 4 is 6.09 Å². The molecule has 0 aliphatic rings. The third-order valence-electron chi connectivity index (χ3n) is 2.20. The lowest BCUT2D eigenvalue weighted by atomic mass is 10.2. The predicted molar refractivity (Wildman–Crippen MR) is 70.9 cm³/mol. The molecule has 1 N–H and O–H groups in total. The number of alkyl carbamates (subject to hydrolysis) is 1. The van der Waals surface area contributed by atoms with Gasteiger partial charge in [-0.3, -0.25) is 0 Å². The first-order valence-electron chi connectivity index (χ1n) is 6.50. The Labute approximate surface area is 110 Å². The molecule has 0 aromatic heterocycles. The van der Waals surface area contributed by atoms with E-state index >= 15 is 0 Å². The summed E-state index contributed by atoms with van der Waals surface area (Å²) in [5.74, 6) is 0. The van der Waals surface area contributed by atoms with Gasteiger partial charge < -0.3 is 15.0 Å². The van der Waals surface area contributed by atoms with Gasteiger partial charge in [-0.25, -0.2) is 4.79 Å². The monoisotopic (exact) mass is 255 g/mol. The molecule has 5 nitrogen and oxygen atoms in total. The van der Waals surface area contributed by atoms with Gasteiger partial charge >= 0.3 is 6.09 Å². The van der Waals surface area contributed by atoms with Crippen LogP contribution in [0.3, 0.4) is 0 Å². The second-order valence-electron chi connectivity index (χ2n) is 5.22. The predicted octanol–water partition coefficient (Wildman–Crippen LogP) is 2.48. The first-order valence-corrected chi connectivity index (χ1v) is 6.50. The number of carbonyl (C=O) groups is 1. The normalized spacial score (nSPS) is 10.6. The minimum absolute atomic E-state index is 0.403. The maximum absolute atomic E-state index is 11.3. The molecule has 0 bridgehead atoms. The van der Waals surface area contributed by atoms with E-state index in [9.17, 15) is 4.79 Å². The summed E-state index contributed by atoms with van der Waals surface area (Å²) in [5.41, 5.74) is -0.468. The second-order valence-corrected chi connectivity index (χ2v) is 5.22. The lowest BCUT2D eigenvalue weighted by Gasteiger charge is -2.20. The highest BCUT2D eigenvalue weighted by Gasteiger charge is 2.15. The van der Waals surface area contributed by atoms with Crippen LogP contribution in [0.15, 0.2) is 0 Å². The number of rotatable bonds is 7. The topological polar surface area (TPSA) is 65.4 Å². The van der Waals surface area contributed by atoms with Gasteiger partial charge in [-0.1, -0.05) is 13.3 Å². The zero-order valence-electron chi connectivity index (χ0n) is 12.0. The zero-order chi connectivity index (χ0) is 14.0. The fraction of sp³-hybridized carbons (Fsp3) is 0.846. The minimum Gasteiger partial charge on any atom is -0.444 e. The molecule has 5 heteroatoms. The van der Waals surface area contributed by atoms with Crippen LogP contribution in [0, 0.1) is 11.5 Å². The van der Waals surface area contributed by atoms with Gasteiger partial charge in [-0.15, -0.1) is 0 Å². The third-order valence-corrected chi connectivity index (χ3v) is 2.20. The molecule has 0 unspecified atom stereocenters. The van der Waals surface area contributed by atoms with Gasteiger partial charge in [0, 0.05) is 19.6 Å². The number of nitrogens with zero attached hydrogens (tertiary/aromatic N) is 2. The number of amides is 1. The molecular formula is C13H25N3O2. The van der Waals surface area contributed by atoms with Gasteiger partial charge in [-0.05, 0) is 33.6 Å². The van der Waals surface area contributed by atoms with Crippen LogP contribution < -0.4 is 5.32 Å². The van der Waals surface area contributed by atoms with Crippen LogP contribution >= 0.6 is 0 Å². The number of nitrogens with one attached hydrogen (secondary N) is 1. The quantitative estimate of drug-likeness (QED) is 0.431. The van der Waals surface area contributed by atoms with E-state index in [0.717, 1.165) is 25.8 Å². The minimum atomic E-state index is -0.468. The summed E-state index contributed by atoms with van der Waals surface area (Å²) in [4.78, 5) is 13.1. The van der Waals surface area contributed by atoms with Crippen molar-refractivity contribution in [2.45, 2.75) is 52.6 Å². The molecule has 0 aliphatic carbocycles. The van der Waals surface area contributed by atoms with E-state index in [2.05, 4.69) is 18.4 Å². The molecule has 0 radical (unpaired) electrons. The molecule has 104 valence electrons. The molecule has 0 aromatic rings. The highest BCUT2D eigenvalue weighted by atomic mass is 16.6. The molecule has 0 aromatic carbocycles. The van der Waals surface area contributed by atoms with Crippen LogP contribution in [-0.4, -0.2) is 36.2 Å². The number of hydrogen-bond donors (Lipinski definition) is 1. The van der Waals surface area contributed by atoms with E-state index in [1.165, 1.54) is 0 Å². The Kier molecular flexibility index (Phi) is 7.93. The molecule has 18 heavy (non-hydrogen) atoms.